The molecule has 1 aromatic heterocycles. The molecule has 0 spiro atoms. The van der Waals surface area contributed by atoms with Crippen LogP contribution in [0.2, 0.25) is 0 Å². The second-order valence-electron chi connectivity index (χ2n) is 9.82. The van der Waals surface area contributed by atoms with Crippen LogP contribution in [0.5, 0.6) is 0 Å². The largest absolute Gasteiger partial charge is 0.457 e. The quantitative estimate of drug-likeness (QED) is 0.628. The molecule has 3 aliphatic rings. The molecule has 2 saturated heterocycles. The summed E-state index contributed by atoms with van der Waals surface area (Å²) < 4.78 is 5.16. The van der Waals surface area contributed by atoms with Crippen molar-refractivity contribution in [2.45, 2.75) is 51.2 Å². The molecule has 0 bridgehead atoms. The lowest BCUT2D eigenvalue weighted by Crippen LogP contribution is -2.42. The number of carbonyl (C=O) groups excluding carboxylic acids is 1. The maximum atomic E-state index is 11.8. The van der Waals surface area contributed by atoms with Gasteiger partial charge in [-0.05, 0) is 55.5 Å². The van der Waals surface area contributed by atoms with Gasteiger partial charge in [0.15, 0.2) is 0 Å². The summed E-state index contributed by atoms with van der Waals surface area (Å²) in [5.74, 6) is 0.204. The molecule has 2 fully saturated rings. The lowest BCUT2D eigenvalue weighted by atomic mass is 9.95. The van der Waals surface area contributed by atoms with Gasteiger partial charge in [-0.15, -0.1) is 0 Å². The first kappa shape index (κ1) is 22.9. The molecule has 0 radical (unpaired) electrons. The number of nitriles is 1. The predicted molar refractivity (Wildman–Crippen MR) is 124 cm³/mol. The van der Waals surface area contributed by atoms with Crippen LogP contribution in [0.1, 0.15) is 63.9 Å². The highest BCUT2D eigenvalue weighted by atomic mass is 16.5. The van der Waals surface area contributed by atoms with Crippen LogP contribution in [0.25, 0.3) is 0 Å². The van der Waals surface area contributed by atoms with Gasteiger partial charge in [-0.3, -0.25) is 14.8 Å². The number of nitrogens with zero attached hydrogens (tertiary/aromatic N) is 4. The molecule has 34 heavy (non-hydrogen) atoms. The molecule has 8 nitrogen and oxygen atoms in total. The number of aromatic nitrogens is 1. The van der Waals surface area contributed by atoms with Gasteiger partial charge in [-0.25, -0.2) is 4.79 Å². The van der Waals surface area contributed by atoms with Crippen LogP contribution in [-0.4, -0.2) is 69.2 Å². The third kappa shape index (κ3) is 4.10. The van der Waals surface area contributed by atoms with Gasteiger partial charge in [-0.2, -0.15) is 5.26 Å². The molecule has 5 rings (SSSR count). The number of likely N-dealkylation sites (tertiary alicyclic amines) is 2. The fraction of sp³-hybridized carbons (Fsp3) is 0.500. The maximum absolute atomic E-state index is 11.8. The first-order chi connectivity index (χ1) is 16.4. The molecule has 2 aromatic rings. The normalized spacial score (nSPS) is 26.1. The van der Waals surface area contributed by atoms with E-state index in [0.29, 0.717) is 47.9 Å². The number of ether oxygens (including phenoxy) is 1. The molecule has 1 aromatic carbocycles. The molecule has 5 atom stereocenters. The lowest BCUT2D eigenvalue weighted by Gasteiger charge is -2.31. The van der Waals surface area contributed by atoms with Crippen molar-refractivity contribution in [2.75, 3.05) is 26.2 Å². The van der Waals surface area contributed by atoms with E-state index in [4.69, 9.17) is 10.00 Å². The molecule has 8 heteroatoms. The van der Waals surface area contributed by atoms with Crippen molar-refractivity contribution in [3.63, 3.8) is 0 Å². The Morgan fingerprint density at radius 2 is 2.03 bits per heavy atom. The number of β-amino-alcohol motifs (C(OH)–C–C–N with tert-alkyl or cyclic N) is 2. The smallest absolute Gasteiger partial charge is 0.338 e. The first-order valence-electron chi connectivity index (χ1n) is 11.9. The van der Waals surface area contributed by atoms with Crippen molar-refractivity contribution in [2.24, 2.45) is 5.92 Å². The zero-order valence-corrected chi connectivity index (χ0v) is 19.5. The Hall–Kier alpha value is -2.83. The van der Waals surface area contributed by atoms with E-state index in [1.165, 1.54) is 6.20 Å². The van der Waals surface area contributed by atoms with Gasteiger partial charge in [0, 0.05) is 50.0 Å². The second kappa shape index (κ2) is 9.08. The minimum absolute atomic E-state index is 0.275. The Bertz CT molecular complexity index is 1130. The number of rotatable bonds is 6. The zero-order chi connectivity index (χ0) is 24.0. The number of aliphatic hydroxyl groups excluding tert-OH is 2. The Morgan fingerprint density at radius 1 is 1.21 bits per heavy atom. The summed E-state index contributed by atoms with van der Waals surface area (Å²) in [6.07, 6.45) is 1.20. The monoisotopic (exact) mass is 462 g/mol. The molecule has 0 amide bonds. The minimum atomic E-state index is -0.706. The maximum Gasteiger partial charge on any atom is 0.338 e. The third-order valence-corrected chi connectivity index (χ3v) is 7.76. The van der Waals surface area contributed by atoms with Crippen LogP contribution in [-0.2, 0) is 11.3 Å². The topological polar surface area (TPSA) is 110 Å². The van der Waals surface area contributed by atoms with Crippen molar-refractivity contribution in [1.82, 2.24) is 14.8 Å². The SMILES string of the molecule is Cc1c([C@@H](O)CN2C(C)CC3CN(CC(O)c4ccc(C#N)cn4)CC32)ccc2c1COC2=O. The highest BCUT2D eigenvalue weighted by molar-refractivity contribution is 5.93. The van der Waals surface area contributed by atoms with Crippen LogP contribution in [0.4, 0.5) is 0 Å². The van der Waals surface area contributed by atoms with Gasteiger partial charge in [-0.1, -0.05) is 6.07 Å². The third-order valence-electron chi connectivity index (χ3n) is 7.76. The predicted octanol–water partition coefficient (Wildman–Crippen LogP) is 2.09. The number of hydrogen-bond acceptors (Lipinski definition) is 8. The van der Waals surface area contributed by atoms with E-state index in [-0.39, 0.29) is 12.6 Å². The highest BCUT2D eigenvalue weighted by Gasteiger charge is 2.45. The van der Waals surface area contributed by atoms with Gasteiger partial charge < -0.3 is 14.9 Å². The Balaban J connectivity index is 1.24. The number of esters is 1. The Morgan fingerprint density at radius 3 is 2.76 bits per heavy atom. The van der Waals surface area contributed by atoms with E-state index < -0.39 is 12.2 Å². The molecule has 0 saturated carbocycles. The van der Waals surface area contributed by atoms with E-state index >= 15 is 0 Å². The number of carbonyl (C=O) groups is 1. The van der Waals surface area contributed by atoms with Crippen LogP contribution in [0.15, 0.2) is 30.5 Å². The summed E-state index contributed by atoms with van der Waals surface area (Å²) >= 11 is 0. The summed E-state index contributed by atoms with van der Waals surface area (Å²) in [4.78, 5) is 20.7. The summed E-state index contributed by atoms with van der Waals surface area (Å²) in [6.45, 7) is 7.21. The lowest BCUT2D eigenvalue weighted by molar-refractivity contribution is 0.0534. The van der Waals surface area contributed by atoms with Crippen LogP contribution in [0.3, 0.4) is 0 Å². The standard InChI is InChI=1S/C26H30N4O4/c1-15-7-18-10-29(12-25(32)22-6-3-17(8-27)9-28-22)11-23(18)30(15)13-24(31)19-4-5-20-21(16(19)2)14-34-26(20)33/h3-6,9,15,18,23-25,31-32H,7,10-14H2,1-2H3/t15?,18?,23?,24-,25?/m0/s1. The molecular weight excluding hydrogens is 432 g/mol. The zero-order valence-electron chi connectivity index (χ0n) is 19.5. The number of pyridine rings is 1. The Kier molecular flexibility index (Phi) is 6.13. The van der Waals surface area contributed by atoms with Crippen molar-refractivity contribution in [3.8, 4) is 6.07 Å². The van der Waals surface area contributed by atoms with E-state index in [1.807, 2.05) is 19.1 Å². The number of hydrogen-bond donors (Lipinski definition) is 2. The van der Waals surface area contributed by atoms with E-state index in [1.54, 1.807) is 18.2 Å². The van der Waals surface area contributed by atoms with Gasteiger partial charge in [0.2, 0.25) is 0 Å². The summed E-state index contributed by atoms with van der Waals surface area (Å²) in [7, 11) is 0. The van der Waals surface area contributed by atoms with Gasteiger partial charge in [0.25, 0.3) is 0 Å². The number of fused-ring (bicyclic) bond motifs is 2. The van der Waals surface area contributed by atoms with E-state index in [0.717, 1.165) is 36.2 Å². The van der Waals surface area contributed by atoms with Crippen molar-refractivity contribution in [3.05, 3.63) is 64.0 Å². The average Bonchev–Trinajstić information content (AvgIpc) is 3.48. The van der Waals surface area contributed by atoms with Crippen LogP contribution >= 0.6 is 0 Å². The molecule has 178 valence electrons. The van der Waals surface area contributed by atoms with Crippen molar-refractivity contribution < 1.29 is 19.7 Å². The molecule has 4 heterocycles. The number of benzene rings is 1. The van der Waals surface area contributed by atoms with Gasteiger partial charge in [0.05, 0.1) is 22.9 Å². The molecule has 2 N–H and O–H groups in total. The highest BCUT2D eigenvalue weighted by Crippen LogP contribution is 2.38. The molecule has 3 aliphatic heterocycles. The fourth-order valence-corrected chi connectivity index (χ4v) is 5.95. The van der Waals surface area contributed by atoms with Gasteiger partial charge >= 0.3 is 5.97 Å². The van der Waals surface area contributed by atoms with Crippen molar-refractivity contribution >= 4 is 5.97 Å². The van der Waals surface area contributed by atoms with Gasteiger partial charge in [0.1, 0.15) is 18.8 Å². The van der Waals surface area contributed by atoms with Crippen LogP contribution in [0, 0.1) is 24.2 Å². The number of aliphatic hydroxyl groups is 2. The summed E-state index contributed by atoms with van der Waals surface area (Å²) in [5.41, 5.74) is 4.32. The van der Waals surface area contributed by atoms with Crippen molar-refractivity contribution in [1.29, 1.82) is 5.26 Å². The molecule has 0 aliphatic carbocycles. The fourth-order valence-electron chi connectivity index (χ4n) is 5.95. The van der Waals surface area contributed by atoms with E-state index in [9.17, 15) is 15.0 Å². The number of cyclic esters (lactones) is 1. The second-order valence-corrected chi connectivity index (χ2v) is 9.82. The first-order valence-corrected chi connectivity index (χ1v) is 11.9. The minimum Gasteiger partial charge on any atom is -0.457 e. The van der Waals surface area contributed by atoms with E-state index in [2.05, 4.69) is 21.7 Å². The Labute approximate surface area is 199 Å². The van der Waals surface area contributed by atoms with Crippen LogP contribution < -0.4 is 0 Å². The molecule has 4 unspecified atom stereocenters. The average molecular weight is 463 g/mol. The summed E-state index contributed by atoms with van der Waals surface area (Å²) in [6, 6.07) is 9.75. The summed E-state index contributed by atoms with van der Waals surface area (Å²) in [5, 5.41) is 30.8. The molecular formula is C26H30N4O4.